The van der Waals surface area contributed by atoms with E-state index in [0.717, 1.165) is 15.4 Å². The molecule has 1 aromatic carbocycles. The molecule has 5 nitrogen and oxygen atoms in total. The van der Waals surface area contributed by atoms with Crippen LogP contribution in [0.25, 0.3) is 10.9 Å². The maximum absolute atomic E-state index is 12.3. The lowest BCUT2D eigenvalue weighted by atomic mass is 10.2. The van der Waals surface area contributed by atoms with E-state index in [1.807, 2.05) is 18.2 Å². The van der Waals surface area contributed by atoms with Crippen LogP contribution in [-0.4, -0.2) is 18.4 Å². The minimum atomic E-state index is -3.73. The van der Waals surface area contributed by atoms with Gasteiger partial charge >= 0.3 is 0 Å². The average Bonchev–Trinajstić information content (AvgIpc) is 2.47. The molecule has 0 unspecified atom stereocenters. The number of nitrogens with one attached hydrogen (secondary N) is 1. The molecular weight excluding hydrogens is 390 g/mol. The Labute approximate surface area is 140 Å². The zero-order valence-corrected chi connectivity index (χ0v) is 14.2. The summed E-state index contributed by atoms with van der Waals surface area (Å²) < 4.78 is 27.9. The van der Waals surface area contributed by atoms with Gasteiger partial charge in [-0.25, -0.2) is 13.4 Å². The van der Waals surface area contributed by atoms with Crippen LogP contribution in [0.4, 0.5) is 5.69 Å². The number of anilines is 1. The first-order valence-electron chi connectivity index (χ1n) is 6.14. The van der Waals surface area contributed by atoms with Crippen molar-refractivity contribution in [3.05, 3.63) is 58.4 Å². The molecule has 112 valence electrons. The molecule has 0 spiro atoms. The largest absolute Gasteiger partial charge is 0.278 e. The normalized spacial score (nSPS) is 11.5. The van der Waals surface area contributed by atoms with Crippen molar-refractivity contribution in [3.63, 3.8) is 0 Å². The molecule has 22 heavy (non-hydrogen) atoms. The Bertz CT molecular complexity index is 946. The number of pyridine rings is 2. The van der Waals surface area contributed by atoms with Gasteiger partial charge in [0.05, 0.1) is 17.4 Å². The zero-order chi connectivity index (χ0) is 15.7. The minimum absolute atomic E-state index is 0.0336. The molecular formula is C14H9BrClN3O2S. The lowest BCUT2D eigenvalue weighted by Gasteiger charge is -2.08. The van der Waals surface area contributed by atoms with E-state index in [0.29, 0.717) is 5.69 Å². The van der Waals surface area contributed by atoms with E-state index in [2.05, 4.69) is 30.6 Å². The SMILES string of the molecule is O=S(=O)(Nc1cnc2c(Br)cccc2c1)c1ccc(Cl)nc1. The number of hydrogen-bond donors (Lipinski definition) is 1. The molecule has 0 aliphatic carbocycles. The third-order valence-corrected chi connectivity index (χ3v) is 5.15. The number of benzene rings is 1. The lowest BCUT2D eigenvalue weighted by molar-refractivity contribution is 0.601. The third kappa shape index (κ3) is 3.06. The Morgan fingerprint density at radius 3 is 2.64 bits per heavy atom. The highest BCUT2D eigenvalue weighted by molar-refractivity contribution is 9.10. The van der Waals surface area contributed by atoms with Gasteiger partial charge in [-0.2, -0.15) is 0 Å². The first-order valence-corrected chi connectivity index (χ1v) is 8.80. The molecule has 3 aromatic rings. The Balaban J connectivity index is 1.97. The van der Waals surface area contributed by atoms with Gasteiger partial charge in [-0.3, -0.25) is 9.71 Å². The predicted octanol–water partition coefficient (Wildman–Crippen LogP) is 3.85. The Morgan fingerprint density at radius 2 is 1.91 bits per heavy atom. The van der Waals surface area contributed by atoms with Crippen LogP contribution in [0.1, 0.15) is 0 Å². The first kappa shape index (κ1) is 15.2. The monoisotopic (exact) mass is 397 g/mol. The molecule has 2 aromatic heterocycles. The smallest absolute Gasteiger partial charge is 0.263 e. The van der Waals surface area contributed by atoms with Gasteiger partial charge in [0.2, 0.25) is 0 Å². The summed E-state index contributed by atoms with van der Waals surface area (Å²) in [5.41, 5.74) is 1.14. The van der Waals surface area contributed by atoms with Crippen LogP contribution in [0, 0.1) is 0 Å². The second-order valence-electron chi connectivity index (χ2n) is 4.46. The van der Waals surface area contributed by atoms with Gasteiger partial charge in [0.15, 0.2) is 0 Å². The van der Waals surface area contributed by atoms with E-state index in [1.165, 1.54) is 24.5 Å². The summed E-state index contributed by atoms with van der Waals surface area (Å²) in [6, 6.07) is 10.1. The van der Waals surface area contributed by atoms with Crippen molar-refractivity contribution in [1.29, 1.82) is 0 Å². The maximum atomic E-state index is 12.3. The number of hydrogen-bond acceptors (Lipinski definition) is 4. The second-order valence-corrected chi connectivity index (χ2v) is 7.38. The summed E-state index contributed by atoms with van der Waals surface area (Å²) in [5.74, 6) is 0. The molecule has 3 rings (SSSR count). The maximum Gasteiger partial charge on any atom is 0.263 e. The summed E-state index contributed by atoms with van der Waals surface area (Å²) in [7, 11) is -3.73. The summed E-state index contributed by atoms with van der Waals surface area (Å²) in [5, 5.41) is 1.06. The molecule has 0 aliphatic rings. The van der Waals surface area contributed by atoms with Gasteiger partial charge in [-0.15, -0.1) is 0 Å². The lowest BCUT2D eigenvalue weighted by Crippen LogP contribution is -2.13. The molecule has 0 saturated carbocycles. The molecule has 0 atom stereocenters. The zero-order valence-electron chi connectivity index (χ0n) is 11.0. The summed E-state index contributed by atoms with van der Waals surface area (Å²) in [6.07, 6.45) is 2.67. The van der Waals surface area contributed by atoms with Crippen LogP contribution < -0.4 is 4.72 Å². The van der Waals surface area contributed by atoms with Crippen molar-refractivity contribution in [3.8, 4) is 0 Å². The molecule has 0 aliphatic heterocycles. The van der Waals surface area contributed by atoms with Gasteiger partial charge in [0.1, 0.15) is 10.0 Å². The molecule has 2 heterocycles. The predicted molar refractivity (Wildman–Crippen MR) is 89.5 cm³/mol. The number of sulfonamides is 1. The second kappa shape index (κ2) is 5.83. The van der Waals surface area contributed by atoms with E-state index >= 15 is 0 Å². The minimum Gasteiger partial charge on any atom is -0.278 e. The van der Waals surface area contributed by atoms with Gasteiger partial charge in [-0.05, 0) is 40.2 Å². The number of rotatable bonds is 3. The fourth-order valence-electron chi connectivity index (χ4n) is 1.91. The fraction of sp³-hybridized carbons (Fsp3) is 0. The average molecular weight is 399 g/mol. The van der Waals surface area contributed by atoms with Crippen molar-refractivity contribution in [1.82, 2.24) is 9.97 Å². The highest BCUT2D eigenvalue weighted by atomic mass is 79.9. The van der Waals surface area contributed by atoms with E-state index in [4.69, 9.17) is 11.6 Å². The van der Waals surface area contributed by atoms with E-state index in [9.17, 15) is 8.42 Å². The number of nitrogens with zero attached hydrogens (tertiary/aromatic N) is 2. The van der Waals surface area contributed by atoms with Gasteiger partial charge < -0.3 is 0 Å². The van der Waals surface area contributed by atoms with Crippen LogP contribution in [0.15, 0.2) is 58.2 Å². The highest BCUT2D eigenvalue weighted by Gasteiger charge is 2.15. The standard InChI is InChI=1S/C14H9BrClN3O2S/c15-12-3-1-2-9-6-10(7-18-14(9)12)19-22(20,21)11-4-5-13(16)17-8-11/h1-8,19H. The number of fused-ring (bicyclic) bond motifs is 1. The van der Waals surface area contributed by atoms with E-state index < -0.39 is 10.0 Å². The summed E-state index contributed by atoms with van der Waals surface area (Å²) in [4.78, 5) is 8.07. The Kier molecular flexibility index (Phi) is 4.03. The van der Waals surface area contributed by atoms with E-state index in [-0.39, 0.29) is 10.0 Å². The van der Waals surface area contributed by atoms with Crippen LogP contribution in [-0.2, 0) is 10.0 Å². The summed E-state index contributed by atoms with van der Waals surface area (Å²) >= 11 is 9.07. The van der Waals surface area contributed by atoms with Crippen LogP contribution >= 0.6 is 27.5 Å². The number of para-hydroxylation sites is 1. The third-order valence-electron chi connectivity index (χ3n) is 2.92. The molecule has 0 fully saturated rings. The summed E-state index contributed by atoms with van der Waals surface area (Å²) in [6.45, 7) is 0. The van der Waals surface area contributed by atoms with Crippen molar-refractivity contribution in [2.24, 2.45) is 0 Å². The van der Waals surface area contributed by atoms with Crippen molar-refractivity contribution in [2.75, 3.05) is 4.72 Å². The molecule has 1 N–H and O–H groups in total. The molecule has 8 heteroatoms. The van der Waals surface area contributed by atoms with Crippen LogP contribution in [0.2, 0.25) is 5.15 Å². The number of halogens is 2. The molecule has 0 saturated heterocycles. The molecule has 0 bridgehead atoms. The number of aromatic nitrogens is 2. The molecule has 0 amide bonds. The highest BCUT2D eigenvalue weighted by Crippen LogP contribution is 2.25. The Hall–Kier alpha value is -1.70. The Morgan fingerprint density at radius 1 is 1.09 bits per heavy atom. The van der Waals surface area contributed by atoms with Gasteiger partial charge in [-0.1, -0.05) is 23.7 Å². The van der Waals surface area contributed by atoms with Gasteiger partial charge in [0.25, 0.3) is 10.0 Å². The van der Waals surface area contributed by atoms with Crippen molar-refractivity contribution >= 4 is 54.1 Å². The van der Waals surface area contributed by atoms with Crippen LogP contribution in [0.3, 0.4) is 0 Å². The molecule has 0 radical (unpaired) electrons. The van der Waals surface area contributed by atoms with Crippen LogP contribution in [0.5, 0.6) is 0 Å². The van der Waals surface area contributed by atoms with Crippen molar-refractivity contribution in [2.45, 2.75) is 4.90 Å². The van der Waals surface area contributed by atoms with E-state index in [1.54, 1.807) is 6.07 Å². The fourth-order valence-corrected chi connectivity index (χ4v) is 3.49. The topological polar surface area (TPSA) is 72.0 Å². The van der Waals surface area contributed by atoms with Crippen molar-refractivity contribution < 1.29 is 8.42 Å². The van der Waals surface area contributed by atoms with Gasteiger partial charge in [0, 0.05) is 16.1 Å². The first-order chi connectivity index (χ1) is 10.5. The quantitative estimate of drug-likeness (QED) is 0.680.